The molecule has 4 heteroatoms. The van der Waals surface area contributed by atoms with E-state index in [-0.39, 0.29) is 0 Å². The molecule has 1 aliphatic rings. The van der Waals surface area contributed by atoms with E-state index in [4.69, 9.17) is 16.9 Å². The van der Waals surface area contributed by atoms with Crippen LogP contribution in [-0.4, -0.2) is 17.0 Å². The zero-order chi connectivity index (χ0) is 13.0. The van der Waals surface area contributed by atoms with E-state index in [0.717, 1.165) is 10.9 Å². The highest BCUT2D eigenvalue weighted by Crippen LogP contribution is 2.33. The zero-order valence-electron chi connectivity index (χ0n) is 10.4. The predicted octanol–water partition coefficient (Wildman–Crippen LogP) is 4.30. The molecule has 0 saturated heterocycles. The highest BCUT2D eigenvalue weighted by Gasteiger charge is 2.24. The number of hydrogen-bond acceptors (Lipinski definition) is 3. The lowest BCUT2D eigenvalue weighted by atomic mass is 10.2. The van der Waals surface area contributed by atoms with Crippen LogP contribution in [0, 0.1) is 11.3 Å². The molecule has 18 heavy (non-hydrogen) atoms. The Bertz CT molecular complexity index is 456. The molecule has 2 nitrogen and oxygen atoms in total. The van der Waals surface area contributed by atoms with Crippen LogP contribution in [0.5, 0.6) is 0 Å². The Morgan fingerprint density at radius 1 is 1.50 bits per heavy atom. The van der Waals surface area contributed by atoms with Crippen LogP contribution in [0.25, 0.3) is 0 Å². The van der Waals surface area contributed by atoms with Crippen LogP contribution in [0.1, 0.15) is 31.7 Å². The third-order valence-corrected chi connectivity index (χ3v) is 4.79. The number of nitrogens with one attached hydrogen (secondary N) is 1. The lowest BCUT2D eigenvalue weighted by molar-refractivity contribution is 0.757. The first-order valence-electron chi connectivity index (χ1n) is 6.30. The maximum atomic E-state index is 8.80. The summed E-state index contributed by atoms with van der Waals surface area (Å²) in [6.07, 6.45) is 3.69. The molecule has 0 heterocycles. The van der Waals surface area contributed by atoms with Crippen molar-refractivity contribution in [3.05, 3.63) is 28.8 Å². The number of thioether (sulfide) groups is 1. The van der Waals surface area contributed by atoms with Crippen molar-refractivity contribution < 1.29 is 0 Å². The third-order valence-electron chi connectivity index (χ3n) is 3.24. The van der Waals surface area contributed by atoms with Gasteiger partial charge in [0.25, 0.3) is 0 Å². The second-order valence-electron chi connectivity index (χ2n) is 4.54. The maximum absolute atomic E-state index is 8.80. The largest absolute Gasteiger partial charge is 0.381 e. The lowest BCUT2D eigenvalue weighted by Gasteiger charge is -2.15. The Balaban J connectivity index is 1.96. The number of nitriles is 1. The summed E-state index contributed by atoms with van der Waals surface area (Å²) >= 11 is 8.21. The minimum Gasteiger partial charge on any atom is -0.381 e. The van der Waals surface area contributed by atoms with Gasteiger partial charge in [0.05, 0.1) is 22.3 Å². The summed E-state index contributed by atoms with van der Waals surface area (Å²) in [5, 5.41) is 13.7. The number of halogens is 1. The Kier molecular flexibility index (Phi) is 4.79. The lowest BCUT2D eigenvalue weighted by Crippen LogP contribution is -2.16. The van der Waals surface area contributed by atoms with Crippen LogP contribution in [0.3, 0.4) is 0 Å². The van der Waals surface area contributed by atoms with Gasteiger partial charge in [0.1, 0.15) is 0 Å². The van der Waals surface area contributed by atoms with Crippen LogP contribution in [0.2, 0.25) is 5.02 Å². The summed E-state index contributed by atoms with van der Waals surface area (Å²) < 4.78 is 0. The molecule has 1 aliphatic carbocycles. The van der Waals surface area contributed by atoms with Gasteiger partial charge in [-0.05, 0) is 43.2 Å². The van der Waals surface area contributed by atoms with Crippen molar-refractivity contribution in [3.8, 4) is 6.07 Å². The van der Waals surface area contributed by atoms with Gasteiger partial charge in [0.2, 0.25) is 0 Å². The molecule has 0 aliphatic heterocycles. The quantitative estimate of drug-likeness (QED) is 0.893. The molecule has 2 rings (SSSR count). The van der Waals surface area contributed by atoms with Crippen molar-refractivity contribution >= 4 is 29.1 Å². The Hall–Kier alpha value is -0.850. The van der Waals surface area contributed by atoms with E-state index in [2.05, 4.69) is 18.3 Å². The zero-order valence-corrected chi connectivity index (χ0v) is 12.0. The van der Waals surface area contributed by atoms with Crippen LogP contribution < -0.4 is 5.32 Å². The molecule has 0 aromatic heterocycles. The smallest absolute Gasteiger partial charge is 0.0992 e. The van der Waals surface area contributed by atoms with Crippen molar-refractivity contribution in [1.82, 2.24) is 0 Å². The van der Waals surface area contributed by atoms with Crippen molar-refractivity contribution in [2.24, 2.45) is 0 Å². The summed E-state index contributed by atoms with van der Waals surface area (Å²) in [5.41, 5.74) is 1.55. The standard InChI is InChI=1S/C14H17ClN2S/c1-2-18-12-5-4-11(8-12)17-14-6-3-10(9-16)7-13(14)15/h3,6-7,11-12,17H,2,4-5,8H2,1H3. The maximum Gasteiger partial charge on any atom is 0.0992 e. The SMILES string of the molecule is CCSC1CCC(Nc2ccc(C#N)cc2Cl)C1. The van der Waals surface area contributed by atoms with Gasteiger partial charge < -0.3 is 5.32 Å². The molecule has 0 radical (unpaired) electrons. The van der Waals surface area contributed by atoms with Crippen molar-refractivity contribution in [3.63, 3.8) is 0 Å². The molecule has 1 aromatic rings. The molecular weight excluding hydrogens is 264 g/mol. The minimum absolute atomic E-state index is 0.513. The Morgan fingerprint density at radius 3 is 3.00 bits per heavy atom. The molecule has 0 amide bonds. The summed E-state index contributed by atoms with van der Waals surface area (Å²) in [5.74, 6) is 1.19. The van der Waals surface area contributed by atoms with Gasteiger partial charge in [-0.25, -0.2) is 0 Å². The van der Waals surface area contributed by atoms with E-state index in [0.29, 0.717) is 16.6 Å². The summed E-state index contributed by atoms with van der Waals surface area (Å²) in [4.78, 5) is 0. The van der Waals surface area contributed by atoms with E-state index in [1.54, 1.807) is 12.1 Å². The first-order chi connectivity index (χ1) is 8.72. The molecule has 2 unspecified atom stereocenters. The summed E-state index contributed by atoms with van der Waals surface area (Å²) in [6.45, 7) is 2.21. The predicted molar refractivity (Wildman–Crippen MR) is 79.3 cm³/mol. The monoisotopic (exact) mass is 280 g/mol. The van der Waals surface area contributed by atoms with Crippen LogP contribution >= 0.6 is 23.4 Å². The van der Waals surface area contributed by atoms with Gasteiger partial charge in [0, 0.05) is 11.3 Å². The highest BCUT2D eigenvalue weighted by molar-refractivity contribution is 7.99. The third kappa shape index (κ3) is 3.34. The highest BCUT2D eigenvalue weighted by atomic mass is 35.5. The summed E-state index contributed by atoms with van der Waals surface area (Å²) in [6, 6.07) is 8.04. The van der Waals surface area contributed by atoms with Gasteiger partial charge in [0.15, 0.2) is 0 Å². The fourth-order valence-electron chi connectivity index (χ4n) is 2.38. The number of hydrogen-bond donors (Lipinski definition) is 1. The van der Waals surface area contributed by atoms with Gasteiger partial charge >= 0.3 is 0 Å². The van der Waals surface area contributed by atoms with Gasteiger partial charge in [-0.2, -0.15) is 17.0 Å². The second kappa shape index (κ2) is 6.36. The molecule has 0 bridgehead atoms. The first kappa shape index (κ1) is 13.6. The van der Waals surface area contributed by atoms with Gasteiger partial charge in [-0.15, -0.1) is 0 Å². The molecule has 96 valence electrons. The number of rotatable bonds is 4. The van der Waals surface area contributed by atoms with Gasteiger partial charge in [-0.3, -0.25) is 0 Å². The fourth-order valence-corrected chi connectivity index (χ4v) is 3.76. The van der Waals surface area contributed by atoms with Crippen molar-refractivity contribution in [1.29, 1.82) is 5.26 Å². The number of benzene rings is 1. The van der Waals surface area contributed by atoms with Crippen LogP contribution in [-0.2, 0) is 0 Å². The van der Waals surface area contributed by atoms with E-state index < -0.39 is 0 Å². The molecule has 1 N–H and O–H groups in total. The normalized spacial score (nSPS) is 22.7. The van der Waals surface area contributed by atoms with Crippen LogP contribution in [0.4, 0.5) is 5.69 Å². The molecule has 0 spiro atoms. The Morgan fingerprint density at radius 2 is 2.33 bits per heavy atom. The molecule has 1 aromatic carbocycles. The van der Waals surface area contributed by atoms with E-state index in [1.807, 2.05) is 17.8 Å². The average Bonchev–Trinajstić information content (AvgIpc) is 2.80. The first-order valence-corrected chi connectivity index (χ1v) is 7.73. The van der Waals surface area contributed by atoms with Crippen molar-refractivity contribution in [2.45, 2.75) is 37.5 Å². The number of nitrogens with zero attached hydrogens (tertiary/aromatic N) is 1. The topological polar surface area (TPSA) is 35.8 Å². The van der Waals surface area contributed by atoms with E-state index in [1.165, 1.54) is 25.0 Å². The molecule has 2 atom stereocenters. The molecule has 1 saturated carbocycles. The van der Waals surface area contributed by atoms with Crippen LogP contribution in [0.15, 0.2) is 18.2 Å². The van der Waals surface area contributed by atoms with Crippen molar-refractivity contribution in [2.75, 3.05) is 11.1 Å². The summed E-state index contributed by atoms with van der Waals surface area (Å²) in [7, 11) is 0. The van der Waals surface area contributed by atoms with E-state index in [9.17, 15) is 0 Å². The second-order valence-corrected chi connectivity index (χ2v) is 6.52. The molecule has 1 fully saturated rings. The average molecular weight is 281 g/mol. The Labute approximate surface area is 118 Å². The van der Waals surface area contributed by atoms with Gasteiger partial charge in [-0.1, -0.05) is 18.5 Å². The molecular formula is C14H17ClN2S. The number of anilines is 1. The fraction of sp³-hybridized carbons (Fsp3) is 0.500. The van der Waals surface area contributed by atoms with E-state index >= 15 is 0 Å². The minimum atomic E-state index is 0.513.